The van der Waals surface area contributed by atoms with E-state index in [0.717, 1.165) is 0 Å². The van der Waals surface area contributed by atoms with Crippen molar-refractivity contribution in [1.29, 1.82) is 5.26 Å². The maximum absolute atomic E-state index is 11.9. The topological polar surface area (TPSA) is 91.2 Å². The Bertz CT molecular complexity index is 639. The minimum absolute atomic E-state index is 0.121. The largest absolute Gasteiger partial charge is 0.469 e. The number of nitriles is 1. The first-order valence-electron chi connectivity index (χ1n) is 6.14. The monoisotopic (exact) mass is 341 g/mol. The highest BCUT2D eigenvalue weighted by atomic mass is 35.5. The van der Waals surface area contributed by atoms with Crippen LogP contribution in [0.4, 0.5) is 5.69 Å². The molecule has 6 nitrogen and oxygen atoms in total. The third kappa shape index (κ3) is 5.64. The molecule has 1 amide bonds. The smallest absolute Gasteiger partial charge is 0.307 e. The van der Waals surface area contributed by atoms with Gasteiger partial charge in [-0.2, -0.15) is 5.26 Å². The Morgan fingerprint density at radius 3 is 2.73 bits per heavy atom. The normalized spacial score (nSPS) is 10.5. The number of anilines is 1. The molecule has 1 aromatic rings. The summed E-state index contributed by atoms with van der Waals surface area (Å²) < 4.78 is 4.46. The highest BCUT2D eigenvalue weighted by Crippen LogP contribution is 2.25. The van der Waals surface area contributed by atoms with Crippen molar-refractivity contribution in [2.24, 2.45) is 0 Å². The molecular formula is C14H13Cl2N3O3. The summed E-state index contributed by atoms with van der Waals surface area (Å²) in [5, 5.41) is 14.9. The quantitative estimate of drug-likeness (QED) is 0.359. The Balaban J connectivity index is 2.64. The van der Waals surface area contributed by atoms with Gasteiger partial charge in [0.15, 0.2) is 0 Å². The average molecular weight is 342 g/mol. The molecule has 0 spiro atoms. The van der Waals surface area contributed by atoms with E-state index in [1.54, 1.807) is 12.1 Å². The number of nitrogens with zero attached hydrogens (tertiary/aromatic N) is 1. The molecule has 116 valence electrons. The molecule has 0 bridgehead atoms. The molecule has 1 aromatic carbocycles. The first-order chi connectivity index (χ1) is 10.5. The van der Waals surface area contributed by atoms with Crippen LogP contribution in [-0.4, -0.2) is 25.5 Å². The fourth-order valence-electron chi connectivity index (χ4n) is 1.38. The van der Waals surface area contributed by atoms with Crippen molar-refractivity contribution in [3.8, 4) is 6.07 Å². The molecular weight excluding hydrogens is 329 g/mol. The van der Waals surface area contributed by atoms with Crippen LogP contribution in [0.1, 0.15) is 6.42 Å². The molecule has 0 atom stereocenters. The van der Waals surface area contributed by atoms with E-state index >= 15 is 0 Å². The number of carbonyl (C=O) groups is 2. The van der Waals surface area contributed by atoms with Gasteiger partial charge in [0, 0.05) is 17.8 Å². The molecule has 0 aliphatic carbocycles. The number of ether oxygens (including phenoxy) is 1. The van der Waals surface area contributed by atoms with Crippen molar-refractivity contribution in [2.75, 3.05) is 19.0 Å². The van der Waals surface area contributed by atoms with E-state index in [0.29, 0.717) is 10.7 Å². The van der Waals surface area contributed by atoms with E-state index in [9.17, 15) is 9.59 Å². The van der Waals surface area contributed by atoms with Gasteiger partial charge in [-0.05, 0) is 18.2 Å². The molecule has 22 heavy (non-hydrogen) atoms. The van der Waals surface area contributed by atoms with Gasteiger partial charge in [-0.3, -0.25) is 9.59 Å². The molecule has 0 aliphatic rings. The van der Waals surface area contributed by atoms with Gasteiger partial charge in [0.1, 0.15) is 11.6 Å². The van der Waals surface area contributed by atoms with Crippen molar-refractivity contribution >= 4 is 40.8 Å². The van der Waals surface area contributed by atoms with Gasteiger partial charge in [-0.15, -0.1) is 0 Å². The van der Waals surface area contributed by atoms with Crippen LogP contribution in [0.25, 0.3) is 0 Å². The zero-order chi connectivity index (χ0) is 16.5. The summed E-state index contributed by atoms with van der Waals surface area (Å²) >= 11 is 11.7. The molecule has 0 aliphatic heterocycles. The summed E-state index contributed by atoms with van der Waals surface area (Å²) in [6.07, 6.45) is 1.35. The second kappa shape index (κ2) is 8.93. The van der Waals surface area contributed by atoms with Crippen LogP contribution in [0.15, 0.2) is 30.0 Å². The van der Waals surface area contributed by atoms with Gasteiger partial charge in [-0.25, -0.2) is 0 Å². The van der Waals surface area contributed by atoms with E-state index in [-0.39, 0.29) is 23.6 Å². The molecule has 0 saturated carbocycles. The number of methoxy groups -OCH3 is 1. The Hall–Kier alpha value is -2.23. The molecule has 0 radical (unpaired) electrons. The fourth-order valence-corrected chi connectivity index (χ4v) is 1.84. The maximum Gasteiger partial charge on any atom is 0.307 e. The lowest BCUT2D eigenvalue weighted by molar-refractivity contribution is -0.140. The van der Waals surface area contributed by atoms with Crippen LogP contribution in [0.3, 0.4) is 0 Å². The maximum atomic E-state index is 11.9. The summed E-state index contributed by atoms with van der Waals surface area (Å²) in [7, 11) is 1.28. The van der Waals surface area contributed by atoms with E-state index in [1.807, 2.05) is 0 Å². The fraction of sp³-hybridized carbons (Fsp3) is 0.214. The van der Waals surface area contributed by atoms with Gasteiger partial charge in [0.25, 0.3) is 5.91 Å². The molecule has 0 unspecified atom stereocenters. The van der Waals surface area contributed by atoms with Gasteiger partial charge in [-0.1, -0.05) is 23.2 Å². The number of benzene rings is 1. The van der Waals surface area contributed by atoms with Gasteiger partial charge in [0.2, 0.25) is 0 Å². The first kappa shape index (κ1) is 17.8. The van der Waals surface area contributed by atoms with Crippen LogP contribution in [0, 0.1) is 11.3 Å². The number of carbonyl (C=O) groups excluding carboxylic acids is 2. The van der Waals surface area contributed by atoms with Crippen molar-refractivity contribution in [3.05, 3.63) is 40.0 Å². The Kier molecular flexibility index (Phi) is 7.23. The van der Waals surface area contributed by atoms with E-state index < -0.39 is 11.9 Å². The third-order valence-corrected chi connectivity index (χ3v) is 3.04. The lowest BCUT2D eigenvalue weighted by Crippen LogP contribution is -2.18. The van der Waals surface area contributed by atoms with Crippen LogP contribution in [-0.2, 0) is 14.3 Å². The van der Waals surface area contributed by atoms with Crippen molar-refractivity contribution in [3.63, 3.8) is 0 Å². The predicted molar refractivity (Wildman–Crippen MR) is 83.4 cm³/mol. The second-order valence-corrected chi connectivity index (χ2v) is 4.87. The van der Waals surface area contributed by atoms with Crippen LogP contribution in [0.2, 0.25) is 10.0 Å². The zero-order valence-corrected chi connectivity index (χ0v) is 13.2. The summed E-state index contributed by atoms with van der Waals surface area (Å²) in [5.74, 6) is -1.02. The Morgan fingerprint density at radius 1 is 1.41 bits per heavy atom. The minimum Gasteiger partial charge on any atom is -0.469 e. The average Bonchev–Trinajstić information content (AvgIpc) is 2.49. The number of rotatable bonds is 6. The number of halogens is 2. The van der Waals surface area contributed by atoms with Gasteiger partial charge >= 0.3 is 5.97 Å². The number of hydrogen-bond donors (Lipinski definition) is 2. The van der Waals surface area contributed by atoms with Crippen molar-refractivity contribution in [2.45, 2.75) is 6.42 Å². The standard InChI is InChI=1S/C14H13Cl2N3O3/c1-22-13(20)4-5-18-8-9(7-17)14(21)19-12-3-2-10(15)6-11(12)16/h2-3,6,8,18H,4-5H2,1H3,(H,19,21)/b9-8-. The molecule has 0 fully saturated rings. The van der Waals surface area contributed by atoms with Gasteiger partial charge in [0.05, 0.1) is 24.2 Å². The molecule has 1 rings (SSSR count). The molecule has 0 aromatic heterocycles. The molecule has 0 saturated heterocycles. The summed E-state index contributed by atoms with van der Waals surface area (Å²) in [6.45, 7) is 0.243. The summed E-state index contributed by atoms with van der Waals surface area (Å²) in [4.78, 5) is 22.9. The Morgan fingerprint density at radius 2 is 2.14 bits per heavy atom. The first-order valence-corrected chi connectivity index (χ1v) is 6.90. The highest BCUT2D eigenvalue weighted by molar-refractivity contribution is 6.36. The van der Waals surface area contributed by atoms with E-state index in [1.165, 1.54) is 25.4 Å². The number of hydrogen-bond acceptors (Lipinski definition) is 5. The number of amides is 1. The SMILES string of the molecule is COC(=O)CCN/C=C(/C#N)C(=O)Nc1ccc(Cl)cc1Cl. The van der Waals surface area contributed by atoms with Crippen molar-refractivity contribution in [1.82, 2.24) is 5.32 Å². The lowest BCUT2D eigenvalue weighted by atomic mass is 10.2. The summed E-state index contributed by atoms with van der Waals surface area (Å²) in [6, 6.07) is 6.32. The molecule has 8 heteroatoms. The number of nitrogens with one attached hydrogen (secondary N) is 2. The van der Waals surface area contributed by atoms with E-state index in [2.05, 4.69) is 15.4 Å². The minimum atomic E-state index is -0.628. The Labute approximate surface area is 137 Å². The molecule has 2 N–H and O–H groups in total. The van der Waals surface area contributed by atoms with Gasteiger partial charge < -0.3 is 15.4 Å². The third-order valence-electron chi connectivity index (χ3n) is 2.49. The lowest BCUT2D eigenvalue weighted by Gasteiger charge is -2.07. The van der Waals surface area contributed by atoms with Crippen molar-refractivity contribution < 1.29 is 14.3 Å². The second-order valence-electron chi connectivity index (χ2n) is 4.03. The predicted octanol–water partition coefficient (Wildman–Crippen LogP) is 2.49. The highest BCUT2D eigenvalue weighted by Gasteiger charge is 2.11. The van der Waals surface area contributed by atoms with Crippen LogP contribution >= 0.6 is 23.2 Å². The van der Waals surface area contributed by atoms with Crippen LogP contribution < -0.4 is 10.6 Å². The molecule has 0 heterocycles. The van der Waals surface area contributed by atoms with E-state index in [4.69, 9.17) is 28.5 Å². The number of esters is 1. The van der Waals surface area contributed by atoms with Crippen LogP contribution in [0.5, 0.6) is 0 Å². The summed E-state index contributed by atoms with van der Waals surface area (Å²) in [5.41, 5.74) is 0.183. The zero-order valence-electron chi connectivity index (χ0n) is 11.7.